The maximum absolute atomic E-state index is 13.1. The number of para-hydroxylation sites is 2. The average Bonchev–Trinajstić information content (AvgIpc) is 2.72. The van der Waals surface area contributed by atoms with E-state index in [1.54, 1.807) is 25.3 Å². The van der Waals surface area contributed by atoms with Crippen molar-refractivity contribution in [2.45, 2.75) is 44.8 Å². The van der Waals surface area contributed by atoms with Crippen LogP contribution in [0.1, 0.15) is 55.1 Å². The SMILES string of the molecule is CCC1(CC)CC(NC(=O)c2cccc(OC)c2OC)c2ccccc2O1. The van der Waals surface area contributed by atoms with Gasteiger partial charge < -0.3 is 19.5 Å². The summed E-state index contributed by atoms with van der Waals surface area (Å²) in [5.41, 5.74) is 1.19. The first-order chi connectivity index (χ1) is 13.1. The highest BCUT2D eigenvalue weighted by Gasteiger charge is 2.39. The molecule has 1 unspecified atom stereocenters. The fraction of sp³-hybridized carbons (Fsp3) is 0.409. The number of fused-ring (bicyclic) bond motifs is 1. The molecule has 2 aromatic carbocycles. The number of nitrogens with one attached hydrogen (secondary N) is 1. The van der Waals surface area contributed by atoms with Crippen molar-refractivity contribution < 1.29 is 19.0 Å². The van der Waals surface area contributed by atoms with Crippen LogP contribution in [0.3, 0.4) is 0 Å². The van der Waals surface area contributed by atoms with Gasteiger partial charge in [-0.3, -0.25) is 4.79 Å². The number of hydrogen-bond donors (Lipinski definition) is 1. The molecule has 0 radical (unpaired) electrons. The highest BCUT2D eigenvalue weighted by Crippen LogP contribution is 2.43. The molecule has 1 amide bonds. The fourth-order valence-corrected chi connectivity index (χ4v) is 3.73. The molecule has 0 saturated carbocycles. The standard InChI is InChI=1S/C22H27NO4/c1-5-22(6-2)14-17(15-10-7-8-12-18(15)27-22)23-21(24)16-11-9-13-19(25-3)20(16)26-4/h7-13,17H,5-6,14H2,1-4H3,(H,23,24). The normalized spacial score (nSPS) is 17.4. The summed E-state index contributed by atoms with van der Waals surface area (Å²) in [4.78, 5) is 13.1. The molecule has 5 nitrogen and oxygen atoms in total. The number of ether oxygens (including phenoxy) is 3. The van der Waals surface area contributed by atoms with E-state index in [2.05, 4.69) is 19.2 Å². The number of amides is 1. The van der Waals surface area contributed by atoms with Crippen LogP contribution < -0.4 is 19.5 Å². The van der Waals surface area contributed by atoms with Gasteiger partial charge in [-0.05, 0) is 31.0 Å². The van der Waals surface area contributed by atoms with Crippen LogP contribution in [0.25, 0.3) is 0 Å². The van der Waals surface area contributed by atoms with E-state index in [-0.39, 0.29) is 17.6 Å². The minimum atomic E-state index is -0.273. The monoisotopic (exact) mass is 369 g/mol. The van der Waals surface area contributed by atoms with E-state index >= 15 is 0 Å². The lowest BCUT2D eigenvalue weighted by molar-refractivity contribution is 0.0227. The summed E-state index contributed by atoms with van der Waals surface area (Å²) in [6, 6.07) is 13.1. The number of hydrogen-bond acceptors (Lipinski definition) is 4. The van der Waals surface area contributed by atoms with Gasteiger partial charge in [-0.2, -0.15) is 0 Å². The minimum absolute atomic E-state index is 0.127. The Hall–Kier alpha value is -2.69. The number of rotatable bonds is 6. The summed E-state index contributed by atoms with van der Waals surface area (Å²) in [6.45, 7) is 4.25. The van der Waals surface area contributed by atoms with Crippen LogP contribution in [-0.2, 0) is 0 Å². The second kappa shape index (κ2) is 7.91. The Morgan fingerprint density at radius 2 is 1.85 bits per heavy atom. The molecular formula is C22H27NO4. The molecule has 0 aliphatic carbocycles. The van der Waals surface area contributed by atoms with Crippen molar-refractivity contribution >= 4 is 5.91 Å². The summed E-state index contributed by atoms with van der Waals surface area (Å²) < 4.78 is 17.1. The molecule has 0 saturated heterocycles. The van der Waals surface area contributed by atoms with E-state index in [4.69, 9.17) is 14.2 Å². The summed E-state index contributed by atoms with van der Waals surface area (Å²) in [5, 5.41) is 3.19. The third-order valence-electron chi connectivity index (χ3n) is 5.44. The van der Waals surface area contributed by atoms with Crippen LogP contribution in [0.2, 0.25) is 0 Å². The zero-order chi connectivity index (χ0) is 19.4. The Kier molecular flexibility index (Phi) is 5.59. The fourth-order valence-electron chi connectivity index (χ4n) is 3.73. The van der Waals surface area contributed by atoms with Crippen LogP contribution in [0.4, 0.5) is 0 Å². The Labute approximate surface area is 160 Å². The van der Waals surface area contributed by atoms with Gasteiger partial charge in [0.15, 0.2) is 11.5 Å². The highest BCUT2D eigenvalue weighted by atomic mass is 16.5. The third kappa shape index (κ3) is 3.59. The van der Waals surface area contributed by atoms with Gasteiger partial charge in [0.1, 0.15) is 11.4 Å². The number of benzene rings is 2. The van der Waals surface area contributed by atoms with Crippen LogP contribution in [0.5, 0.6) is 17.2 Å². The Morgan fingerprint density at radius 3 is 2.52 bits per heavy atom. The van der Waals surface area contributed by atoms with Crippen LogP contribution in [-0.4, -0.2) is 25.7 Å². The van der Waals surface area contributed by atoms with Crippen LogP contribution in [0.15, 0.2) is 42.5 Å². The van der Waals surface area contributed by atoms with Gasteiger partial charge in [0, 0.05) is 12.0 Å². The summed E-state index contributed by atoms with van der Waals surface area (Å²) in [5.74, 6) is 1.63. The van der Waals surface area contributed by atoms with Gasteiger partial charge in [-0.1, -0.05) is 38.1 Å². The molecular weight excluding hydrogens is 342 g/mol. The molecule has 3 rings (SSSR count). The third-order valence-corrected chi connectivity index (χ3v) is 5.44. The van der Waals surface area contributed by atoms with Crippen molar-refractivity contribution in [2.75, 3.05) is 14.2 Å². The number of carbonyl (C=O) groups excluding carboxylic acids is 1. The molecule has 2 aromatic rings. The average molecular weight is 369 g/mol. The number of carbonyl (C=O) groups is 1. The smallest absolute Gasteiger partial charge is 0.255 e. The zero-order valence-electron chi connectivity index (χ0n) is 16.4. The van der Waals surface area contributed by atoms with Gasteiger partial charge in [-0.25, -0.2) is 0 Å². The lowest BCUT2D eigenvalue weighted by Gasteiger charge is -2.41. The molecule has 0 spiro atoms. The Morgan fingerprint density at radius 1 is 1.11 bits per heavy atom. The predicted molar refractivity (Wildman–Crippen MR) is 105 cm³/mol. The zero-order valence-corrected chi connectivity index (χ0v) is 16.4. The molecule has 1 aliphatic heterocycles. The summed E-state index contributed by atoms with van der Waals surface area (Å²) in [7, 11) is 3.10. The van der Waals surface area contributed by atoms with Crippen molar-refractivity contribution in [1.82, 2.24) is 5.32 Å². The van der Waals surface area contributed by atoms with E-state index < -0.39 is 0 Å². The summed E-state index contributed by atoms with van der Waals surface area (Å²) in [6.07, 6.45) is 2.49. The summed E-state index contributed by atoms with van der Waals surface area (Å²) >= 11 is 0. The lowest BCUT2D eigenvalue weighted by atomic mass is 9.83. The van der Waals surface area contributed by atoms with Crippen molar-refractivity contribution in [2.24, 2.45) is 0 Å². The predicted octanol–water partition coefficient (Wildman–Crippen LogP) is 4.52. The molecule has 0 bridgehead atoms. The number of methoxy groups -OCH3 is 2. The molecule has 27 heavy (non-hydrogen) atoms. The van der Waals surface area contributed by atoms with Crippen molar-refractivity contribution in [3.05, 3.63) is 53.6 Å². The van der Waals surface area contributed by atoms with Gasteiger partial charge in [0.2, 0.25) is 0 Å². The quantitative estimate of drug-likeness (QED) is 0.814. The Balaban J connectivity index is 1.94. The van der Waals surface area contributed by atoms with E-state index in [1.165, 1.54) is 7.11 Å². The van der Waals surface area contributed by atoms with Crippen LogP contribution in [0, 0.1) is 0 Å². The second-order valence-corrected chi connectivity index (χ2v) is 6.80. The molecule has 1 atom stereocenters. The minimum Gasteiger partial charge on any atom is -0.493 e. The van der Waals surface area contributed by atoms with Crippen molar-refractivity contribution in [1.29, 1.82) is 0 Å². The molecule has 5 heteroatoms. The van der Waals surface area contributed by atoms with Crippen LogP contribution >= 0.6 is 0 Å². The van der Waals surface area contributed by atoms with Gasteiger partial charge >= 0.3 is 0 Å². The highest BCUT2D eigenvalue weighted by molar-refractivity contribution is 5.98. The maximum atomic E-state index is 13.1. The molecule has 144 valence electrons. The van der Waals surface area contributed by atoms with Gasteiger partial charge in [0.25, 0.3) is 5.91 Å². The molecule has 0 fully saturated rings. The molecule has 1 aliphatic rings. The van der Waals surface area contributed by atoms with Gasteiger partial charge in [-0.15, -0.1) is 0 Å². The topological polar surface area (TPSA) is 56.8 Å². The van der Waals surface area contributed by atoms with E-state index in [9.17, 15) is 4.79 Å². The molecule has 1 N–H and O–H groups in total. The first-order valence-corrected chi connectivity index (χ1v) is 9.37. The van der Waals surface area contributed by atoms with E-state index in [1.807, 2.05) is 24.3 Å². The first-order valence-electron chi connectivity index (χ1n) is 9.37. The second-order valence-electron chi connectivity index (χ2n) is 6.80. The largest absolute Gasteiger partial charge is 0.493 e. The molecule has 1 heterocycles. The van der Waals surface area contributed by atoms with Crippen molar-refractivity contribution in [3.63, 3.8) is 0 Å². The Bertz CT molecular complexity index is 814. The van der Waals surface area contributed by atoms with Crippen molar-refractivity contribution in [3.8, 4) is 17.2 Å². The first kappa shape index (κ1) is 19.1. The lowest BCUT2D eigenvalue weighted by Crippen LogP contribution is -2.44. The van der Waals surface area contributed by atoms with Gasteiger partial charge in [0.05, 0.1) is 25.8 Å². The van der Waals surface area contributed by atoms with E-state index in [0.717, 1.165) is 30.6 Å². The van der Waals surface area contributed by atoms with E-state index in [0.29, 0.717) is 17.1 Å². The maximum Gasteiger partial charge on any atom is 0.255 e. The molecule has 0 aromatic heterocycles.